The summed E-state index contributed by atoms with van der Waals surface area (Å²) in [5.74, 6) is 0. The van der Waals surface area contributed by atoms with E-state index < -0.39 is 0 Å². The first kappa shape index (κ1) is 13.3. The number of nitrogens with zero attached hydrogens (tertiary/aromatic N) is 1. The average Bonchev–Trinajstić information content (AvgIpc) is 2.19. The highest BCUT2D eigenvalue weighted by atomic mass is 15.0. The Labute approximate surface area is 101 Å². The van der Waals surface area contributed by atoms with Crippen LogP contribution >= 0.6 is 0 Å². The van der Waals surface area contributed by atoms with E-state index in [0.29, 0.717) is 0 Å². The third kappa shape index (κ3) is 2.05. The fourth-order valence-corrected chi connectivity index (χ4v) is 3.15. The van der Waals surface area contributed by atoms with Gasteiger partial charge in [-0.2, -0.15) is 0 Å². The van der Waals surface area contributed by atoms with Crippen molar-refractivity contribution in [2.24, 2.45) is 7.05 Å². The lowest BCUT2D eigenvalue weighted by Gasteiger charge is -2.23. The molecule has 0 saturated carbocycles. The van der Waals surface area contributed by atoms with Gasteiger partial charge in [0.1, 0.15) is 0 Å². The van der Waals surface area contributed by atoms with Crippen LogP contribution in [0.25, 0.3) is 0 Å². The lowest BCUT2D eigenvalue weighted by molar-refractivity contribution is 0.536. The van der Waals surface area contributed by atoms with Gasteiger partial charge in [0.2, 0.25) is 0 Å². The van der Waals surface area contributed by atoms with E-state index in [9.17, 15) is 0 Å². The van der Waals surface area contributed by atoms with E-state index in [1.165, 1.54) is 22.5 Å². The van der Waals surface area contributed by atoms with Crippen LogP contribution in [-0.2, 0) is 17.9 Å². The summed E-state index contributed by atoms with van der Waals surface area (Å²) in [6.45, 7) is 18.3. The highest BCUT2D eigenvalue weighted by molar-refractivity contribution is 5.44. The van der Waals surface area contributed by atoms with Crippen LogP contribution in [-0.4, -0.2) is 4.57 Å². The molecule has 0 spiro atoms. The van der Waals surface area contributed by atoms with Gasteiger partial charge in [-0.3, -0.25) is 0 Å². The largest absolute Gasteiger partial charge is 0.351 e. The van der Waals surface area contributed by atoms with Gasteiger partial charge in [0.05, 0.1) is 0 Å². The molecule has 0 aromatic carbocycles. The maximum atomic E-state index is 2.37. The number of aromatic nitrogens is 1. The monoisotopic (exact) mass is 221 g/mol. The number of hydrogen-bond donors (Lipinski definition) is 0. The second-order valence-electron chi connectivity index (χ2n) is 6.99. The number of rotatable bonds is 0. The summed E-state index contributed by atoms with van der Waals surface area (Å²) in [5, 5.41) is 0. The molecule has 0 aliphatic carbocycles. The fraction of sp³-hybridized carbons (Fsp3) is 0.733. The Morgan fingerprint density at radius 3 is 1.44 bits per heavy atom. The average molecular weight is 221 g/mol. The molecule has 1 heterocycles. The summed E-state index contributed by atoms with van der Waals surface area (Å²) in [5.41, 5.74) is 6.31. The van der Waals surface area contributed by atoms with Crippen LogP contribution in [0.4, 0.5) is 0 Å². The van der Waals surface area contributed by atoms with Crippen molar-refractivity contribution in [2.75, 3.05) is 0 Å². The summed E-state index contributed by atoms with van der Waals surface area (Å²) < 4.78 is 2.37. The second kappa shape index (κ2) is 3.65. The molecular weight excluding hydrogens is 194 g/mol. The van der Waals surface area contributed by atoms with Crippen molar-refractivity contribution in [1.29, 1.82) is 0 Å². The van der Waals surface area contributed by atoms with E-state index in [1.54, 1.807) is 0 Å². The third-order valence-corrected chi connectivity index (χ3v) is 3.39. The fourth-order valence-electron chi connectivity index (χ4n) is 3.15. The van der Waals surface area contributed by atoms with Crippen LogP contribution < -0.4 is 0 Å². The van der Waals surface area contributed by atoms with Gasteiger partial charge in [0.25, 0.3) is 0 Å². The summed E-state index contributed by atoms with van der Waals surface area (Å²) in [7, 11) is 2.19. The summed E-state index contributed by atoms with van der Waals surface area (Å²) in [6.07, 6.45) is 0. The molecule has 1 rings (SSSR count). The van der Waals surface area contributed by atoms with Crippen LogP contribution in [0.2, 0.25) is 0 Å². The first-order chi connectivity index (χ1) is 6.98. The highest BCUT2D eigenvalue weighted by Gasteiger charge is 2.29. The van der Waals surface area contributed by atoms with Gasteiger partial charge in [0.15, 0.2) is 0 Å². The minimum absolute atomic E-state index is 0.215. The standard InChI is InChI=1S/C15H27N/c1-10-12(14(3,4)5)11(2)16(9)13(10)15(6,7)8/h1-9H3. The minimum atomic E-state index is 0.215. The normalized spacial score (nSPS) is 13.3. The molecular formula is C15H27N. The maximum absolute atomic E-state index is 2.37. The molecule has 16 heavy (non-hydrogen) atoms. The van der Waals surface area contributed by atoms with Crippen molar-refractivity contribution < 1.29 is 0 Å². The molecule has 1 aromatic heterocycles. The van der Waals surface area contributed by atoms with E-state index in [2.05, 4.69) is 67.0 Å². The van der Waals surface area contributed by atoms with E-state index in [0.717, 1.165) is 0 Å². The molecule has 0 aliphatic heterocycles. The topological polar surface area (TPSA) is 4.93 Å². The Hall–Kier alpha value is -0.720. The quantitative estimate of drug-likeness (QED) is 0.617. The van der Waals surface area contributed by atoms with E-state index in [-0.39, 0.29) is 10.8 Å². The SMILES string of the molecule is Cc1c(C(C)(C)C)c(C)n(C)c1C(C)(C)C. The van der Waals surface area contributed by atoms with Crippen LogP contribution in [0, 0.1) is 13.8 Å². The molecule has 0 fully saturated rings. The Balaban J connectivity index is 3.59. The van der Waals surface area contributed by atoms with Crippen molar-refractivity contribution in [2.45, 2.75) is 66.2 Å². The molecule has 0 amide bonds. The van der Waals surface area contributed by atoms with Crippen LogP contribution in [0.5, 0.6) is 0 Å². The van der Waals surface area contributed by atoms with Gasteiger partial charge in [-0.25, -0.2) is 0 Å². The zero-order valence-electron chi connectivity index (χ0n) is 12.4. The molecule has 1 aromatic rings. The Morgan fingerprint density at radius 1 is 0.812 bits per heavy atom. The van der Waals surface area contributed by atoms with Crippen molar-refractivity contribution >= 4 is 0 Å². The summed E-state index contributed by atoms with van der Waals surface area (Å²) in [4.78, 5) is 0. The van der Waals surface area contributed by atoms with Gasteiger partial charge in [-0.15, -0.1) is 0 Å². The van der Waals surface area contributed by atoms with Gasteiger partial charge in [-0.1, -0.05) is 41.5 Å². The van der Waals surface area contributed by atoms with Crippen LogP contribution in [0.1, 0.15) is 64.1 Å². The number of hydrogen-bond acceptors (Lipinski definition) is 0. The van der Waals surface area contributed by atoms with Gasteiger partial charge in [0, 0.05) is 23.9 Å². The Kier molecular flexibility index (Phi) is 3.04. The zero-order valence-corrected chi connectivity index (χ0v) is 12.4. The first-order valence-corrected chi connectivity index (χ1v) is 6.14. The predicted molar refractivity (Wildman–Crippen MR) is 72.3 cm³/mol. The van der Waals surface area contributed by atoms with Crippen LogP contribution in [0.3, 0.4) is 0 Å². The van der Waals surface area contributed by atoms with E-state index in [4.69, 9.17) is 0 Å². The summed E-state index contributed by atoms with van der Waals surface area (Å²) in [6, 6.07) is 0. The smallest absolute Gasteiger partial charge is 0.0260 e. The van der Waals surface area contributed by atoms with Crippen molar-refractivity contribution in [1.82, 2.24) is 4.57 Å². The van der Waals surface area contributed by atoms with Crippen LogP contribution in [0.15, 0.2) is 0 Å². The first-order valence-electron chi connectivity index (χ1n) is 6.14. The third-order valence-electron chi connectivity index (χ3n) is 3.39. The van der Waals surface area contributed by atoms with Crippen molar-refractivity contribution in [3.8, 4) is 0 Å². The highest BCUT2D eigenvalue weighted by Crippen LogP contribution is 2.37. The molecule has 1 nitrogen and oxygen atoms in total. The molecule has 0 unspecified atom stereocenters. The van der Waals surface area contributed by atoms with Gasteiger partial charge >= 0.3 is 0 Å². The summed E-state index contributed by atoms with van der Waals surface area (Å²) >= 11 is 0. The van der Waals surface area contributed by atoms with E-state index >= 15 is 0 Å². The zero-order chi connectivity index (χ0) is 12.9. The molecule has 0 atom stereocenters. The molecule has 0 radical (unpaired) electrons. The van der Waals surface area contributed by atoms with Gasteiger partial charge in [-0.05, 0) is 30.4 Å². The van der Waals surface area contributed by atoms with E-state index in [1.807, 2.05) is 0 Å². The maximum Gasteiger partial charge on any atom is 0.0260 e. The molecule has 1 heteroatoms. The lowest BCUT2D eigenvalue weighted by Crippen LogP contribution is -2.17. The molecule has 0 aliphatic rings. The lowest BCUT2D eigenvalue weighted by atomic mass is 9.81. The molecule has 0 saturated heterocycles. The minimum Gasteiger partial charge on any atom is -0.351 e. The second-order valence-corrected chi connectivity index (χ2v) is 6.99. The molecule has 0 N–H and O–H groups in total. The van der Waals surface area contributed by atoms with Crippen molar-refractivity contribution in [3.63, 3.8) is 0 Å². The van der Waals surface area contributed by atoms with Gasteiger partial charge < -0.3 is 4.57 Å². The molecule has 0 bridgehead atoms. The van der Waals surface area contributed by atoms with Crippen molar-refractivity contribution in [3.05, 3.63) is 22.5 Å². The molecule has 92 valence electrons. The predicted octanol–water partition coefficient (Wildman–Crippen LogP) is 4.24. The Bertz CT molecular complexity index is 357. The Morgan fingerprint density at radius 2 is 1.25 bits per heavy atom.